The van der Waals surface area contributed by atoms with Gasteiger partial charge in [0.05, 0.1) is 33.8 Å². The second-order valence-corrected chi connectivity index (χ2v) is 22.9. The lowest BCUT2D eigenvalue weighted by Gasteiger charge is -2.30. The number of phosphoric acid groups is 1. The number of esters is 1. The number of hydrogen-bond donors (Lipinski definition) is 1. The second kappa shape index (κ2) is 55.7. The third kappa shape index (κ3) is 56.9. The molecule has 77 heavy (non-hydrogen) atoms. The van der Waals surface area contributed by atoms with Crippen LogP contribution in [0, 0.1) is 0 Å². The Morgan fingerprint density at radius 3 is 1.39 bits per heavy atom. The molecule has 0 aromatic heterocycles. The summed E-state index contributed by atoms with van der Waals surface area (Å²) in [5.41, 5.74) is 0. The number of ether oxygens (including phenoxy) is 1. The van der Waals surface area contributed by atoms with Gasteiger partial charge in [0.25, 0.3) is 7.82 Å². The molecule has 0 saturated carbocycles. The van der Waals surface area contributed by atoms with Gasteiger partial charge < -0.3 is 28.5 Å². The van der Waals surface area contributed by atoms with Crippen molar-refractivity contribution in [3.05, 3.63) is 122 Å². The molecule has 1 amide bonds. The van der Waals surface area contributed by atoms with Crippen LogP contribution in [0.25, 0.3) is 0 Å². The monoisotopic (exact) mass is 1090 g/mol. The summed E-state index contributed by atoms with van der Waals surface area (Å²) in [6, 6.07) is -0.909. The van der Waals surface area contributed by atoms with Crippen LogP contribution in [0.4, 0.5) is 0 Å². The Morgan fingerprint density at radius 1 is 0.481 bits per heavy atom. The molecule has 10 heteroatoms. The van der Waals surface area contributed by atoms with E-state index in [1.807, 2.05) is 39.4 Å². The quantitative estimate of drug-likeness (QED) is 0.0161. The Labute approximate surface area is 473 Å². The largest absolute Gasteiger partial charge is 0.756 e. The van der Waals surface area contributed by atoms with Gasteiger partial charge in [0.2, 0.25) is 5.91 Å². The highest BCUT2D eigenvalue weighted by atomic mass is 31.2. The van der Waals surface area contributed by atoms with Crippen LogP contribution in [0.3, 0.4) is 0 Å². The molecular weight excluding hydrogens is 976 g/mol. The smallest absolute Gasteiger partial charge is 0.306 e. The van der Waals surface area contributed by atoms with Crippen LogP contribution in [-0.4, -0.2) is 69.4 Å². The first kappa shape index (κ1) is 73.4. The van der Waals surface area contributed by atoms with Crippen molar-refractivity contribution in [1.29, 1.82) is 0 Å². The van der Waals surface area contributed by atoms with Gasteiger partial charge in [-0.2, -0.15) is 0 Å². The molecule has 0 aromatic carbocycles. The molecule has 0 saturated heterocycles. The predicted octanol–water partition coefficient (Wildman–Crippen LogP) is 18.5. The Balaban J connectivity index is 5.13. The number of carbonyl (C=O) groups is 2. The first-order chi connectivity index (χ1) is 37.4. The highest BCUT2D eigenvalue weighted by molar-refractivity contribution is 7.45. The van der Waals surface area contributed by atoms with Gasteiger partial charge in [-0.25, -0.2) is 0 Å². The van der Waals surface area contributed by atoms with Crippen molar-refractivity contribution in [3.8, 4) is 0 Å². The molecule has 0 rings (SSSR count). The lowest BCUT2D eigenvalue weighted by Crippen LogP contribution is -2.47. The Morgan fingerprint density at radius 2 is 0.896 bits per heavy atom. The fourth-order valence-electron chi connectivity index (χ4n) is 8.23. The molecule has 0 aromatic rings. The number of likely N-dealkylation sites (N-methyl/N-ethyl adjacent to an activating group) is 1. The number of nitrogens with one attached hydrogen (secondary N) is 1. The molecular formula is C67H115N2O7P. The van der Waals surface area contributed by atoms with E-state index in [0.717, 1.165) is 128 Å². The molecule has 0 radical (unpaired) electrons. The van der Waals surface area contributed by atoms with Crippen LogP contribution in [0.15, 0.2) is 122 Å². The summed E-state index contributed by atoms with van der Waals surface area (Å²) in [6.45, 7) is 6.55. The van der Waals surface area contributed by atoms with Crippen LogP contribution < -0.4 is 10.2 Å². The molecule has 0 bridgehead atoms. The number of allylic oxidation sites excluding steroid dienone is 19. The van der Waals surface area contributed by atoms with Crippen molar-refractivity contribution in [2.75, 3.05) is 40.9 Å². The van der Waals surface area contributed by atoms with Gasteiger partial charge in [-0.3, -0.25) is 14.2 Å². The summed E-state index contributed by atoms with van der Waals surface area (Å²) < 4.78 is 30.2. The van der Waals surface area contributed by atoms with Gasteiger partial charge >= 0.3 is 5.97 Å². The molecule has 0 aliphatic heterocycles. The van der Waals surface area contributed by atoms with Crippen molar-refractivity contribution in [1.82, 2.24) is 5.32 Å². The van der Waals surface area contributed by atoms with Crippen molar-refractivity contribution >= 4 is 19.7 Å². The van der Waals surface area contributed by atoms with Crippen molar-refractivity contribution in [2.45, 2.75) is 251 Å². The zero-order valence-corrected chi connectivity index (χ0v) is 51.0. The lowest BCUT2D eigenvalue weighted by atomic mass is 10.0. The number of hydrogen-bond acceptors (Lipinski definition) is 7. The van der Waals surface area contributed by atoms with E-state index in [9.17, 15) is 19.0 Å². The molecule has 0 spiro atoms. The number of nitrogens with zero attached hydrogens (tertiary/aromatic N) is 1. The molecule has 1 N–H and O–H groups in total. The van der Waals surface area contributed by atoms with E-state index in [-0.39, 0.29) is 24.9 Å². The van der Waals surface area contributed by atoms with Crippen molar-refractivity contribution in [3.63, 3.8) is 0 Å². The number of phosphoric ester groups is 1. The molecule has 0 aliphatic carbocycles. The summed E-state index contributed by atoms with van der Waals surface area (Å²) >= 11 is 0. The van der Waals surface area contributed by atoms with E-state index < -0.39 is 26.6 Å². The number of amides is 1. The van der Waals surface area contributed by atoms with Gasteiger partial charge in [0.15, 0.2) is 0 Å². The average molecular weight is 1090 g/mol. The third-order valence-corrected chi connectivity index (χ3v) is 13.9. The van der Waals surface area contributed by atoms with Crippen molar-refractivity contribution < 1.29 is 37.3 Å². The molecule has 9 nitrogen and oxygen atoms in total. The van der Waals surface area contributed by atoms with Crippen LogP contribution in [-0.2, 0) is 27.9 Å². The molecule has 3 unspecified atom stereocenters. The van der Waals surface area contributed by atoms with E-state index in [4.69, 9.17) is 13.8 Å². The maximum absolute atomic E-state index is 13.5. The Bertz CT molecular complexity index is 1730. The van der Waals surface area contributed by atoms with Crippen LogP contribution >= 0.6 is 7.82 Å². The van der Waals surface area contributed by atoms with E-state index in [2.05, 4.69) is 129 Å². The highest BCUT2D eigenvalue weighted by Crippen LogP contribution is 2.38. The van der Waals surface area contributed by atoms with Gasteiger partial charge in [-0.1, -0.05) is 245 Å². The Hall–Kier alpha value is -3.59. The predicted molar refractivity (Wildman–Crippen MR) is 330 cm³/mol. The zero-order valence-electron chi connectivity index (χ0n) is 50.1. The number of unbranched alkanes of at least 4 members (excludes halogenated alkanes) is 22. The summed E-state index contributed by atoms with van der Waals surface area (Å²) in [5.74, 6) is -0.584. The molecule has 3 atom stereocenters. The van der Waals surface area contributed by atoms with Gasteiger partial charge in [0, 0.05) is 12.8 Å². The van der Waals surface area contributed by atoms with E-state index >= 15 is 0 Å². The fourth-order valence-corrected chi connectivity index (χ4v) is 8.95. The maximum Gasteiger partial charge on any atom is 0.306 e. The topological polar surface area (TPSA) is 114 Å². The van der Waals surface area contributed by atoms with Crippen LogP contribution in [0.2, 0.25) is 0 Å². The minimum Gasteiger partial charge on any atom is -0.756 e. The summed E-state index contributed by atoms with van der Waals surface area (Å²) in [6.07, 6.45) is 77.5. The first-order valence-electron chi connectivity index (χ1n) is 30.9. The fraction of sp³-hybridized carbons (Fsp3) is 0.672. The van der Waals surface area contributed by atoms with Crippen molar-refractivity contribution in [2.24, 2.45) is 0 Å². The number of carbonyl (C=O) groups excluding carboxylic acids is 2. The Kier molecular flexibility index (Phi) is 53.1. The average Bonchev–Trinajstić information content (AvgIpc) is 3.39. The zero-order chi connectivity index (χ0) is 56.4. The number of rotatable bonds is 54. The standard InChI is InChI=1S/C67H115N2O7P/c1-7-10-13-16-19-22-25-27-28-29-30-31-32-33-34-35-36-37-38-39-40-42-44-47-50-53-56-59-66(70)68-64(63-75-77(72,73)74-62-61-69(4,5)6)65(58-55-52-49-46-43-24-21-18-15-12-9-3)76-67(71)60-57-54-51-48-45-41-26-23-20-17-14-11-8-2/h10-11,13-14,17,19-20,22-23,26-28,30-31,33-34,36-37,55,58,64-65H,7-9,12,15-16,18,21,24-25,29,32,35,38-54,56-57,59-63H2,1-6H3,(H-,68,70,72,73)/b13-10-,14-11+,20-17+,22-19-,26-23-,28-27-,31-30-,34-33-,37-36-,58-55-. The van der Waals surface area contributed by atoms with Gasteiger partial charge in [0.1, 0.15) is 19.3 Å². The summed E-state index contributed by atoms with van der Waals surface area (Å²) in [7, 11) is 1.15. The van der Waals surface area contributed by atoms with Gasteiger partial charge in [-0.05, 0) is 102 Å². The minimum absolute atomic E-state index is 0.0341. The van der Waals surface area contributed by atoms with Crippen LogP contribution in [0.1, 0.15) is 239 Å². The van der Waals surface area contributed by atoms with E-state index in [0.29, 0.717) is 23.9 Å². The molecule has 0 fully saturated rings. The van der Waals surface area contributed by atoms with Crippen LogP contribution in [0.5, 0.6) is 0 Å². The molecule has 440 valence electrons. The second-order valence-electron chi connectivity index (χ2n) is 21.5. The molecule has 0 heterocycles. The summed E-state index contributed by atoms with van der Waals surface area (Å²) in [5, 5.41) is 3.01. The summed E-state index contributed by atoms with van der Waals surface area (Å²) in [4.78, 5) is 39.9. The van der Waals surface area contributed by atoms with Gasteiger partial charge in [-0.15, -0.1) is 0 Å². The minimum atomic E-state index is -4.71. The maximum atomic E-state index is 13.5. The van der Waals surface area contributed by atoms with E-state index in [1.165, 1.54) is 70.6 Å². The number of quaternary nitrogens is 1. The first-order valence-corrected chi connectivity index (χ1v) is 32.3. The highest BCUT2D eigenvalue weighted by Gasteiger charge is 2.27. The third-order valence-electron chi connectivity index (χ3n) is 12.9. The lowest BCUT2D eigenvalue weighted by molar-refractivity contribution is -0.870. The van der Waals surface area contributed by atoms with E-state index in [1.54, 1.807) is 0 Å². The molecule has 0 aliphatic rings. The SMILES string of the molecule is CC/C=C\C/C=C\C/C=C\C/C=C\C/C=C\C/C=C\CCCCCCCCCCC(=O)NC(COP(=O)([O-])OCC[N+](C)(C)C)C(/C=C\CCCCCCCCCCC)OC(=O)CCCCCCC\C=C/C=C/C=C/CC. The normalized spacial score (nSPS) is 14.5.